The van der Waals surface area contributed by atoms with Gasteiger partial charge in [-0.25, -0.2) is 12.7 Å². The Labute approximate surface area is 158 Å². The molecule has 0 N–H and O–H groups in total. The molecule has 2 atom stereocenters. The van der Waals surface area contributed by atoms with Crippen molar-refractivity contribution >= 4 is 15.9 Å². The number of amides is 1. The lowest BCUT2D eigenvalue weighted by atomic mass is 9.75. The molecule has 3 aliphatic rings. The molecule has 0 aromatic heterocycles. The summed E-state index contributed by atoms with van der Waals surface area (Å²) >= 11 is 0. The van der Waals surface area contributed by atoms with Crippen LogP contribution in [0.15, 0.2) is 0 Å². The molecular weight excluding hydrogens is 350 g/mol. The van der Waals surface area contributed by atoms with E-state index >= 15 is 0 Å². The molecule has 2 aliphatic heterocycles. The smallest absolute Gasteiger partial charge is 0.236 e. The molecule has 2 heterocycles. The van der Waals surface area contributed by atoms with Crippen molar-refractivity contribution in [1.82, 2.24) is 14.1 Å². The zero-order chi connectivity index (χ0) is 18.6. The van der Waals surface area contributed by atoms with Crippen LogP contribution in [0.25, 0.3) is 0 Å². The SMILES string of the molecule is CCCS(=O)(=O)N1CCCN(CC(=O)N2CCC3CCCCC3C2)CC1. The lowest BCUT2D eigenvalue weighted by Gasteiger charge is -2.41. The van der Waals surface area contributed by atoms with Gasteiger partial charge in [-0.1, -0.05) is 26.2 Å². The van der Waals surface area contributed by atoms with Gasteiger partial charge in [0.25, 0.3) is 0 Å². The minimum Gasteiger partial charge on any atom is -0.341 e. The van der Waals surface area contributed by atoms with Crippen molar-refractivity contribution in [3.63, 3.8) is 0 Å². The second-order valence-corrected chi connectivity index (χ2v) is 10.4. The minimum atomic E-state index is -3.13. The summed E-state index contributed by atoms with van der Waals surface area (Å²) in [4.78, 5) is 17.0. The van der Waals surface area contributed by atoms with E-state index in [1.807, 2.05) is 6.92 Å². The fraction of sp³-hybridized carbons (Fsp3) is 0.947. The van der Waals surface area contributed by atoms with Crippen molar-refractivity contribution in [3.8, 4) is 0 Å². The predicted molar refractivity (Wildman–Crippen MR) is 103 cm³/mol. The van der Waals surface area contributed by atoms with Gasteiger partial charge in [0.15, 0.2) is 0 Å². The first-order chi connectivity index (χ1) is 12.5. The van der Waals surface area contributed by atoms with Gasteiger partial charge in [-0.05, 0) is 44.1 Å². The lowest BCUT2D eigenvalue weighted by Crippen LogP contribution is -2.48. The van der Waals surface area contributed by atoms with Crippen LogP contribution in [0, 0.1) is 11.8 Å². The van der Waals surface area contributed by atoms with Crippen LogP contribution in [-0.4, -0.2) is 80.0 Å². The van der Waals surface area contributed by atoms with Crippen molar-refractivity contribution in [2.45, 2.75) is 51.9 Å². The third-order valence-electron chi connectivity index (χ3n) is 6.41. The fourth-order valence-electron chi connectivity index (χ4n) is 4.89. The van der Waals surface area contributed by atoms with Gasteiger partial charge in [0.1, 0.15) is 0 Å². The van der Waals surface area contributed by atoms with Crippen LogP contribution >= 0.6 is 0 Å². The zero-order valence-corrected chi connectivity index (χ0v) is 17.1. The Bertz CT molecular complexity index is 581. The number of piperidine rings is 1. The highest BCUT2D eigenvalue weighted by Gasteiger charge is 2.33. The molecule has 7 heteroatoms. The Balaban J connectivity index is 1.49. The molecule has 150 valence electrons. The summed E-state index contributed by atoms with van der Waals surface area (Å²) < 4.78 is 26.2. The summed E-state index contributed by atoms with van der Waals surface area (Å²) in [5.74, 6) is 2.00. The van der Waals surface area contributed by atoms with Gasteiger partial charge in [0.2, 0.25) is 15.9 Å². The molecule has 1 aliphatic carbocycles. The monoisotopic (exact) mass is 385 g/mol. The van der Waals surface area contributed by atoms with Gasteiger partial charge in [-0.2, -0.15) is 0 Å². The fourth-order valence-corrected chi connectivity index (χ4v) is 6.43. The Morgan fingerprint density at radius 2 is 1.69 bits per heavy atom. The number of fused-ring (bicyclic) bond motifs is 1. The second-order valence-electron chi connectivity index (χ2n) is 8.28. The molecule has 2 unspecified atom stereocenters. The number of rotatable bonds is 5. The van der Waals surface area contributed by atoms with Crippen molar-refractivity contribution in [2.24, 2.45) is 11.8 Å². The number of hydrogen-bond acceptors (Lipinski definition) is 4. The molecular formula is C19H35N3O3S. The molecule has 6 nitrogen and oxygen atoms in total. The largest absolute Gasteiger partial charge is 0.341 e. The molecule has 2 saturated heterocycles. The van der Waals surface area contributed by atoms with E-state index in [4.69, 9.17) is 0 Å². The Morgan fingerprint density at radius 3 is 2.46 bits per heavy atom. The summed E-state index contributed by atoms with van der Waals surface area (Å²) in [5, 5.41) is 0. The van der Waals surface area contributed by atoms with E-state index in [0.717, 1.165) is 32.0 Å². The number of sulfonamides is 1. The summed E-state index contributed by atoms with van der Waals surface area (Å²) in [6.07, 6.45) is 7.93. The highest BCUT2D eigenvalue weighted by Crippen LogP contribution is 2.36. The van der Waals surface area contributed by atoms with Crippen LogP contribution in [0.5, 0.6) is 0 Å². The Hall–Kier alpha value is -0.660. The number of carbonyl (C=O) groups is 1. The number of carbonyl (C=O) groups excluding carboxylic acids is 1. The molecule has 3 rings (SSSR count). The minimum absolute atomic E-state index is 0.224. The van der Waals surface area contributed by atoms with Gasteiger partial charge in [0.05, 0.1) is 12.3 Å². The van der Waals surface area contributed by atoms with E-state index in [1.54, 1.807) is 4.31 Å². The molecule has 1 saturated carbocycles. The Morgan fingerprint density at radius 1 is 0.923 bits per heavy atom. The summed E-state index contributed by atoms with van der Waals surface area (Å²) in [6, 6.07) is 0. The van der Waals surface area contributed by atoms with Crippen molar-refractivity contribution in [1.29, 1.82) is 0 Å². The highest BCUT2D eigenvalue weighted by atomic mass is 32.2. The van der Waals surface area contributed by atoms with Crippen LogP contribution in [0.3, 0.4) is 0 Å². The second kappa shape index (κ2) is 9.02. The first-order valence-corrected chi connectivity index (χ1v) is 12.1. The molecule has 0 spiro atoms. The molecule has 0 aromatic carbocycles. The van der Waals surface area contributed by atoms with E-state index in [0.29, 0.717) is 38.5 Å². The van der Waals surface area contributed by atoms with E-state index < -0.39 is 10.0 Å². The standard InChI is InChI=1S/C19H35N3O3S/c1-2-14-26(24,25)22-10-5-9-20(12-13-22)16-19(23)21-11-8-17-6-3-4-7-18(17)15-21/h17-18H,2-16H2,1H3. The normalized spacial score (nSPS) is 29.2. The van der Waals surface area contributed by atoms with Gasteiger partial charge >= 0.3 is 0 Å². The third kappa shape index (κ3) is 4.98. The molecule has 3 fully saturated rings. The first-order valence-electron chi connectivity index (χ1n) is 10.5. The summed E-state index contributed by atoms with van der Waals surface area (Å²) in [6.45, 7) is 6.76. The molecule has 0 aromatic rings. The van der Waals surface area contributed by atoms with Crippen LogP contribution in [-0.2, 0) is 14.8 Å². The third-order valence-corrected chi connectivity index (χ3v) is 8.48. The van der Waals surface area contributed by atoms with E-state index in [2.05, 4.69) is 9.80 Å². The number of hydrogen-bond donors (Lipinski definition) is 0. The zero-order valence-electron chi connectivity index (χ0n) is 16.2. The predicted octanol–water partition coefficient (Wildman–Crippen LogP) is 1.77. The van der Waals surface area contributed by atoms with Crippen LogP contribution in [0.1, 0.15) is 51.9 Å². The number of likely N-dealkylation sites (tertiary alicyclic amines) is 1. The average Bonchev–Trinajstić information content (AvgIpc) is 2.87. The van der Waals surface area contributed by atoms with Crippen molar-refractivity contribution < 1.29 is 13.2 Å². The lowest BCUT2D eigenvalue weighted by molar-refractivity contribution is -0.135. The maximum absolute atomic E-state index is 12.8. The van der Waals surface area contributed by atoms with Crippen LogP contribution in [0.4, 0.5) is 0 Å². The first kappa shape index (κ1) is 20.1. The topological polar surface area (TPSA) is 60.9 Å². The molecule has 26 heavy (non-hydrogen) atoms. The average molecular weight is 386 g/mol. The number of nitrogens with zero attached hydrogens (tertiary/aromatic N) is 3. The molecule has 0 bridgehead atoms. The van der Waals surface area contributed by atoms with Gasteiger partial charge in [0, 0.05) is 32.7 Å². The maximum Gasteiger partial charge on any atom is 0.236 e. The van der Waals surface area contributed by atoms with Crippen molar-refractivity contribution in [2.75, 3.05) is 51.6 Å². The van der Waals surface area contributed by atoms with E-state index in [-0.39, 0.29) is 11.7 Å². The van der Waals surface area contributed by atoms with Gasteiger partial charge in [-0.3, -0.25) is 9.69 Å². The van der Waals surface area contributed by atoms with Crippen LogP contribution in [0.2, 0.25) is 0 Å². The van der Waals surface area contributed by atoms with Crippen molar-refractivity contribution in [3.05, 3.63) is 0 Å². The van der Waals surface area contributed by atoms with Gasteiger partial charge < -0.3 is 4.90 Å². The van der Waals surface area contributed by atoms with E-state index in [1.165, 1.54) is 32.1 Å². The highest BCUT2D eigenvalue weighted by molar-refractivity contribution is 7.89. The Kier molecular flexibility index (Phi) is 6.97. The van der Waals surface area contributed by atoms with Gasteiger partial charge in [-0.15, -0.1) is 0 Å². The quantitative estimate of drug-likeness (QED) is 0.724. The maximum atomic E-state index is 12.8. The summed E-state index contributed by atoms with van der Waals surface area (Å²) in [7, 11) is -3.13. The molecule has 1 amide bonds. The summed E-state index contributed by atoms with van der Waals surface area (Å²) in [5.41, 5.74) is 0. The van der Waals surface area contributed by atoms with Crippen LogP contribution < -0.4 is 0 Å². The molecule has 0 radical (unpaired) electrons. The van der Waals surface area contributed by atoms with E-state index in [9.17, 15) is 13.2 Å².